The van der Waals surface area contributed by atoms with Gasteiger partial charge in [0.2, 0.25) is 0 Å². The number of amides is 2. The summed E-state index contributed by atoms with van der Waals surface area (Å²) in [6.07, 6.45) is 0.923. The molecule has 1 aromatic carbocycles. The highest BCUT2D eigenvalue weighted by Crippen LogP contribution is 2.20. The Morgan fingerprint density at radius 2 is 2.05 bits per heavy atom. The smallest absolute Gasteiger partial charge is 0.321 e. The Bertz CT molecular complexity index is 563. The van der Waals surface area contributed by atoms with E-state index in [4.69, 9.17) is 4.74 Å². The lowest BCUT2D eigenvalue weighted by Gasteiger charge is -2.25. The van der Waals surface area contributed by atoms with Crippen LogP contribution >= 0.6 is 0 Å². The van der Waals surface area contributed by atoms with E-state index < -0.39 is 0 Å². The second-order valence-corrected chi connectivity index (χ2v) is 6.65. The maximum absolute atomic E-state index is 12.3. The molecular weight excluding hydrogens is 280 g/mol. The molecule has 22 heavy (non-hydrogen) atoms. The molecule has 1 heterocycles. The Hall–Kier alpha value is -1.88. The number of nitrogens with one attached hydrogen (secondary N) is 1. The number of carbonyl (C=O) groups is 2. The highest BCUT2D eigenvalue weighted by Gasteiger charge is 2.29. The molecule has 0 aromatic heterocycles. The first kappa shape index (κ1) is 16.5. The molecule has 0 radical (unpaired) electrons. The second-order valence-electron chi connectivity index (χ2n) is 6.65. The summed E-state index contributed by atoms with van der Waals surface area (Å²) in [7, 11) is 0. The summed E-state index contributed by atoms with van der Waals surface area (Å²) < 4.78 is 5.91. The van der Waals surface area contributed by atoms with Crippen LogP contribution in [0.25, 0.3) is 0 Å². The van der Waals surface area contributed by atoms with Crippen molar-refractivity contribution in [2.75, 3.05) is 18.4 Å². The predicted molar refractivity (Wildman–Crippen MR) is 86.3 cm³/mol. The molecule has 1 aliphatic rings. The van der Waals surface area contributed by atoms with Gasteiger partial charge in [-0.1, -0.05) is 12.1 Å². The van der Waals surface area contributed by atoms with Crippen LogP contribution in [0.3, 0.4) is 0 Å². The van der Waals surface area contributed by atoms with Gasteiger partial charge in [0.25, 0.3) is 0 Å². The van der Waals surface area contributed by atoms with Crippen molar-refractivity contribution < 1.29 is 14.3 Å². The van der Waals surface area contributed by atoms with Crippen molar-refractivity contribution in [3.05, 3.63) is 29.8 Å². The van der Waals surface area contributed by atoms with Crippen molar-refractivity contribution in [1.82, 2.24) is 4.90 Å². The number of ketones is 1. The molecule has 0 unspecified atom stereocenters. The highest BCUT2D eigenvalue weighted by molar-refractivity contribution is 5.96. The number of hydrogen-bond donors (Lipinski definition) is 1. The average molecular weight is 304 g/mol. The number of nitrogens with zero attached hydrogens (tertiary/aromatic N) is 1. The Morgan fingerprint density at radius 3 is 2.68 bits per heavy atom. The third kappa shape index (κ3) is 4.56. The summed E-state index contributed by atoms with van der Waals surface area (Å²) in [5.74, 6) is -0.0177. The van der Waals surface area contributed by atoms with Gasteiger partial charge in [0.1, 0.15) is 0 Å². The molecule has 5 heteroatoms. The van der Waals surface area contributed by atoms with E-state index in [2.05, 4.69) is 5.32 Å². The zero-order chi connectivity index (χ0) is 16.3. The van der Waals surface area contributed by atoms with Crippen LogP contribution in [0.1, 0.15) is 44.5 Å². The highest BCUT2D eigenvalue weighted by atomic mass is 16.5. The van der Waals surface area contributed by atoms with Crippen LogP contribution in [0.2, 0.25) is 0 Å². The molecule has 5 nitrogen and oxygen atoms in total. The van der Waals surface area contributed by atoms with Gasteiger partial charge in [0.05, 0.1) is 11.7 Å². The van der Waals surface area contributed by atoms with Crippen LogP contribution in [0.15, 0.2) is 24.3 Å². The topological polar surface area (TPSA) is 58.6 Å². The van der Waals surface area contributed by atoms with Gasteiger partial charge in [0.15, 0.2) is 5.78 Å². The van der Waals surface area contributed by atoms with Crippen molar-refractivity contribution in [3.8, 4) is 0 Å². The average Bonchev–Trinajstić information content (AvgIpc) is 2.85. The molecule has 0 aliphatic carbocycles. The van der Waals surface area contributed by atoms with Crippen molar-refractivity contribution in [2.45, 2.75) is 45.8 Å². The lowest BCUT2D eigenvalue weighted by molar-refractivity contribution is -0.0526. The molecular formula is C17H24N2O3. The van der Waals surface area contributed by atoms with Crippen LogP contribution < -0.4 is 5.32 Å². The number of ether oxygens (including phenoxy) is 1. The van der Waals surface area contributed by atoms with Crippen LogP contribution in [0, 0.1) is 0 Å². The van der Waals surface area contributed by atoms with Gasteiger partial charge in [-0.3, -0.25) is 4.79 Å². The van der Waals surface area contributed by atoms with Gasteiger partial charge in [-0.05, 0) is 46.2 Å². The van der Waals surface area contributed by atoms with E-state index in [0.29, 0.717) is 24.3 Å². The fourth-order valence-electron chi connectivity index (χ4n) is 2.53. The first-order valence-corrected chi connectivity index (χ1v) is 7.59. The third-order valence-electron chi connectivity index (χ3n) is 3.47. The lowest BCUT2D eigenvalue weighted by Crippen LogP contribution is -2.35. The van der Waals surface area contributed by atoms with E-state index in [9.17, 15) is 9.59 Å². The quantitative estimate of drug-likeness (QED) is 0.872. The third-order valence-corrected chi connectivity index (χ3v) is 3.47. The van der Waals surface area contributed by atoms with Crippen LogP contribution in [0.4, 0.5) is 10.5 Å². The number of rotatable bonds is 3. The monoisotopic (exact) mass is 304 g/mol. The summed E-state index contributed by atoms with van der Waals surface area (Å²) in [6, 6.07) is 6.83. The Balaban J connectivity index is 1.93. The van der Waals surface area contributed by atoms with Crippen LogP contribution in [-0.4, -0.2) is 41.5 Å². The minimum atomic E-state index is -0.201. The summed E-state index contributed by atoms with van der Waals surface area (Å²) >= 11 is 0. The van der Waals surface area contributed by atoms with Gasteiger partial charge in [-0.25, -0.2) is 4.79 Å². The van der Waals surface area contributed by atoms with E-state index in [1.165, 1.54) is 6.92 Å². The number of Topliss-reactive ketones (excluding diaryl/α,β-unsaturated/α-hetero) is 1. The first-order chi connectivity index (χ1) is 10.2. The van der Waals surface area contributed by atoms with E-state index in [0.717, 1.165) is 6.42 Å². The van der Waals surface area contributed by atoms with E-state index >= 15 is 0 Å². The molecule has 120 valence electrons. The summed E-state index contributed by atoms with van der Waals surface area (Å²) in [5.41, 5.74) is 1.03. The zero-order valence-electron chi connectivity index (χ0n) is 13.7. The Morgan fingerprint density at radius 1 is 1.32 bits per heavy atom. The molecule has 1 aliphatic heterocycles. The fourth-order valence-corrected chi connectivity index (χ4v) is 2.53. The minimum Gasteiger partial charge on any atom is -0.371 e. The molecule has 1 N–H and O–H groups in total. The van der Waals surface area contributed by atoms with Gasteiger partial charge in [0, 0.05) is 24.3 Å². The maximum Gasteiger partial charge on any atom is 0.321 e. The first-order valence-electron chi connectivity index (χ1n) is 7.59. The van der Waals surface area contributed by atoms with E-state index in [-0.39, 0.29) is 23.5 Å². The fraction of sp³-hybridized carbons (Fsp3) is 0.529. The molecule has 0 spiro atoms. The van der Waals surface area contributed by atoms with Gasteiger partial charge in [-0.15, -0.1) is 0 Å². The SMILES string of the molecule is CC(=O)c1cccc(NC(=O)N2CC[C@@H](OC(C)(C)C)C2)c1. The summed E-state index contributed by atoms with van der Waals surface area (Å²) in [4.78, 5) is 25.4. The predicted octanol–water partition coefficient (Wildman–Crippen LogP) is 3.31. The molecule has 1 saturated heterocycles. The summed E-state index contributed by atoms with van der Waals surface area (Å²) in [5, 5.41) is 2.84. The number of urea groups is 1. The maximum atomic E-state index is 12.3. The van der Waals surface area contributed by atoms with Crippen LogP contribution in [0.5, 0.6) is 0 Å². The zero-order valence-corrected chi connectivity index (χ0v) is 13.7. The van der Waals surface area contributed by atoms with E-state index in [1.54, 1.807) is 29.2 Å². The molecule has 1 aromatic rings. The molecule has 0 saturated carbocycles. The van der Waals surface area contributed by atoms with E-state index in [1.807, 2.05) is 20.8 Å². The molecule has 2 rings (SSSR count). The normalized spacial score (nSPS) is 18.4. The lowest BCUT2D eigenvalue weighted by atomic mass is 10.1. The second kappa shape index (κ2) is 6.48. The number of hydrogen-bond acceptors (Lipinski definition) is 3. The number of benzene rings is 1. The number of anilines is 1. The van der Waals surface area contributed by atoms with Crippen molar-refractivity contribution in [3.63, 3.8) is 0 Å². The Labute approximate surface area is 131 Å². The largest absolute Gasteiger partial charge is 0.371 e. The molecule has 2 amide bonds. The van der Waals surface area contributed by atoms with Crippen LogP contribution in [-0.2, 0) is 4.74 Å². The number of likely N-dealkylation sites (tertiary alicyclic amines) is 1. The Kier molecular flexibility index (Phi) is 4.86. The van der Waals surface area contributed by atoms with Crippen molar-refractivity contribution in [2.24, 2.45) is 0 Å². The molecule has 1 fully saturated rings. The van der Waals surface area contributed by atoms with Crippen molar-refractivity contribution >= 4 is 17.5 Å². The summed E-state index contributed by atoms with van der Waals surface area (Å²) in [6.45, 7) is 8.83. The van der Waals surface area contributed by atoms with Gasteiger partial charge >= 0.3 is 6.03 Å². The standard InChI is InChI=1S/C17H24N2O3/c1-12(20)13-6-5-7-14(10-13)18-16(21)19-9-8-15(11-19)22-17(2,3)4/h5-7,10,15H,8-9,11H2,1-4H3,(H,18,21)/t15-/m1/s1. The van der Waals surface area contributed by atoms with Gasteiger partial charge in [-0.2, -0.15) is 0 Å². The molecule has 1 atom stereocenters. The minimum absolute atomic E-state index is 0.0177. The molecule has 0 bridgehead atoms. The van der Waals surface area contributed by atoms with Crippen molar-refractivity contribution in [1.29, 1.82) is 0 Å². The van der Waals surface area contributed by atoms with Gasteiger partial charge < -0.3 is 15.0 Å². The number of carbonyl (C=O) groups excluding carboxylic acids is 2.